The summed E-state index contributed by atoms with van der Waals surface area (Å²) in [5.74, 6) is 0. The molecule has 68 valence electrons. The van der Waals surface area contributed by atoms with E-state index in [1.807, 2.05) is 6.92 Å². The Morgan fingerprint density at radius 3 is 2.64 bits per heavy atom. The predicted octanol–water partition coefficient (Wildman–Crippen LogP) is -0.239. The van der Waals surface area contributed by atoms with E-state index in [0.29, 0.717) is 6.54 Å². The van der Waals surface area contributed by atoms with Crippen molar-refractivity contribution in [3.8, 4) is 0 Å². The van der Waals surface area contributed by atoms with E-state index in [2.05, 4.69) is 5.32 Å². The molecule has 0 radical (unpaired) electrons. The topological polar surface area (TPSA) is 52.5 Å². The van der Waals surface area contributed by atoms with Gasteiger partial charge in [0.1, 0.15) is 0 Å². The number of aliphatic hydroxyl groups is 2. The Morgan fingerprint density at radius 2 is 2.27 bits per heavy atom. The number of β-amino-alcohol motifs (C(OH)–C–C–N with tert-alkyl or cyclic N) is 1. The lowest BCUT2D eigenvalue weighted by Gasteiger charge is -2.37. The van der Waals surface area contributed by atoms with Crippen LogP contribution in [-0.2, 0) is 0 Å². The molecule has 0 saturated carbocycles. The summed E-state index contributed by atoms with van der Waals surface area (Å²) in [4.78, 5) is 0. The number of rotatable bonds is 1. The third kappa shape index (κ3) is 2.30. The second kappa shape index (κ2) is 4.26. The molecule has 0 aliphatic carbocycles. The van der Waals surface area contributed by atoms with Crippen LogP contribution in [0.5, 0.6) is 0 Å². The fraction of sp³-hybridized carbons (Fsp3) is 1.00. The standard InChI is InChI=1S/C7H15NO2.ClH/c1-7(5-9)2-3-8-4-6(7)10;/h6,8-10H,2-5H2,1H3;1H. The molecule has 1 saturated heterocycles. The van der Waals surface area contributed by atoms with E-state index in [9.17, 15) is 5.11 Å². The van der Waals surface area contributed by atoms with Gasteiger partial charge in [0.05, 0.1) is 12.7 Å². The van der Waals surface area contributed by atoms with Crippen LogP contribution in [0.3, 0.4) is 0 Å². The molecule has 3 nitrogen and oxygen atoms in total. The highest BCUT2D eigenvalue weighted by Crippen LogP contribution is 2.26. The van der Waals surface area contributed by atoms with Gasteiger partial charge in [-0.2, -0.15) is 0 Å². The molecule has 0 aromatic rings. The minimum atomic E-state index is -0.397. The summed E-state index contributed by atoms with van der Waals surface area (Å²) in [5.41, 5.74) is -0.273. The Kier molecular flexibility index (Phi) is 4.32. The number of hydrogen-bond donors (Lipinski definition) is 3. The highest BCUT2D eigenvalue weighted by molar-refractivity contribution is 5.85. The third-order valence-corrected chi connectivity index (χ3v) is 2.38. The molecule has 1 heterocycles. The lowest BCUT2D eigenvalue weighted by atomic mass is 9.79. The first kappa shape index (κ1) is 11.2. The molecule has 2 unspecified atom stereocenters. The summed E-state index contributed by atoms with van der Waals surface area (Å²) in [7, 11) is 0. The fourth-order valence-corrected chi connectivity index (χ4v) is 1.21. The van der Waals surface area contributed by atoms with Crippen LogP contribution in [0.1, 0.15) is 13.3 Å². The fourth-order valence-electron chi connectivity index (χ4n) is 1.21. The van der Waals surface area contributed by atoms with Crippen molar-refractivity contribution in [2.45, 2.75) is 19.4 Å². The van der Waals surface area contributed by atoms with Gasteiger partial charge in [-0.15, -0.1) is 12.4 Å². The Labute approximate surface area is 73.2 Å². The van der Waals surface area contributed by atoms with Crippen molar-refractivity contribution in [2.24, 2.45) is 5.41 Å². The van der Waals surface area contributed by atoms with E-state index in [1.54, 1.807) is 0 Å². The van der Waals surface area contributed by atoms with Crippen molar-refractivity contribution in [3.63, 3.8) is 0 Å². The van der Waals surface area contributed by atoms with E-state index < -0.39 is 6.10 Å². The lowest BCUT2D eigenvalue weighted by molar-refractivity contribution is -0.0254. The van der Waals surface area contributed by atoms with E-state index in [4.69, 9.17) is 5.11 Å². The van der Waals surface area contributed by atoms with Crippen LogP contribution in [-0.4, -0.2) is 36.0 Å². The highest BCUT2D eigenvalue weighted by Gasteiger charge is 2.34. The summed E-state index contributed by atoms with van der Waals surface area (Å²) < 4.78 is 0. The van der Waals surface area contributed by atoms with Crippen LogP contribution < -0.4 is 5.32 Å². The molecule has 0 bridgehead atoms. The Hall–Kier alpha value is 0.170. The van der Waals surface area contributed by atoms with Crippen molar-refractivity contribution in [1.29, 1.82) is 0 Å². The second-order valence-corrected chi connectivity index (χ2v) is 3.28. The van der Waals surface area contributed by atoms with Gasteiger partial charge in [0.15, 0.2) is 0 Å². The highest BCUT2D eigenvalue weighted by atomic mass is 35.5. The van der Waals surface area contributed by atoms with Crippen molar-refractivity contribution in [1.82, 2.24) is 5.32 Å². The van der Waals surface area contributed by atoms with Crippen molar-refractivity contribution in [2.75, 3.05) is 19.7 Å². The minimum absolute atomic E-state index is 0. The van der Waals surface area contributed by atoms with Gasteiger partial charge in [0.2, 0.25) is 0 Å². The number of nitrogens with one attached hydrogen (secondary N) is 1. The largest absolute Gasteiger partial charge is 0.396 e. The van der Waals surface area contributed by atoms with Gasteiger partial charge in [-0.3, -0.25) is 0 Å². The normalized spacial score (nSPS) is 37.9. The van der Waals surface area contributed by atoms with Crippen LogP contribution in [0.15, 0.2) is 0 Å². The summed E-state index contributed by atoms with van der Waals surface area (Å²) in [6, 6.07) is 0. The van der Waals surface area contributed by atoms with Crippen LogP contribution in [0.2, 0.25) is 0 Å². The number of halogens is 1. The first-order chi connectivity index (χ1) is 4.69. The van der Waals surface area contributed by atoms with Crippen LogP contribution in [0.4, 0.5) is 0 Å². The SMILES string of the molecule is CC1(CO)CCNCC1O.Cl. The molecular weight excluding hydrogens is 166 g/mol. The molecule has 0 aromatic heterocycles. The average molecular weight is 182 g/mol. The minimum Gasteiger partial charge on any atom is -0.396 e. The van der Waals surface area contributed by atoms with Crippen molar-refractivity contribution in [3.05, 3.63) is 0 Å². The molecule has 0 aromatic carbocycles. The molecule has 0 amide bonds. The Morgan fingerprint density at radius 1 is 1.64 bits per heavy atom. The van der Waals surface area contributed by atoms with Crippen LogP contribution in [0.25, 0.3) is 0 Å². The molecule has 0 spiro atoms. The summed E-state index contributed by atoms with van der Waals surface area (Å²) in [6.07, 6.45) is 0.455. The molecular formula is C7H16ClNO2. The van der Waals surface area contributed by atoms with Crippen LogP contribution in [0, 0.1) is 5.41 Å². The predicted molar refractivity (Wildman–Crippen MR) is 45.9 cm³/mol. The molecule has 1 aliphatic heterocycles. The first-order valence-electron chi connectivity index (χ1n) is 3.69. The molecule has 2 atom stereocenters. The van der Waals surface area contributed by atoms with E-state index in [1.165, 1.54) is 0 Å². The maximum absolute atomic E-state index is 9.41. The molecule has 1 rings (SSSR count). The van der Waals surface area contributed by atoms with Crippen molar-refractivity contribution >= 4 is 12.4 Å². The summed E-state index contributed by atoms with van der Waals surface area (Å²) in [5, 5.41) is 21.4. The quantitative estimate of drug-likeness (QED) is 0.524. The molecule has 4 heteroatoms. The van der Waals surface area contributed by atoms with Crippen LogP contribution >= 0.6 is 12.4 Å². The maximum atomic E-state index is 9.41. The van der Waals surface area contributed by atoms with Gasteiger partial charge < -0.3 is 15.5 Å². The van der Waals surface area contributed by atoms with Gasteiger partial charge in [0, 0.05) is 12.0 Å². The summed E-state index contributed by atoms with van der Waals surface area (Å²) in [6.45, 7) is 3.50. The Bertz CT molecular complexity index is 123. The monoisotopic (exact) mass is 181 g/mol. The zero-order chi connectivity index (χ0) is 7.61. The van der Waals surface area contributed by atoms with Crippen molar-refractivity contribution < 1.29 is 10.2 Å². The van der Waals surface area contributed by atoms with E-state index >= 15 is 0 Å². The second-order valence-electron chi connectivity index (χ2n) is 3.28. The zero-order valence-electron chi connectivity index (χ0n) is 6.71. The smallest absolute Gasteiger partial charge is 0.0740 e. The third-order valence-electron chi connectivity index (χ3n) is 2.38. The number of piperidine rings is 1. The lowest BCUT2D eigenvalue weighted by Crippen LogP contribution is -2.49. The van der Waals surface area contributed by atoms with Gasteiger partial charge >= 0.3 is 0 Å². The summed E-state index contributed by atoms with van der Waals surface area (Å²) >= 11 is 0. The van der Waals surface area contributed by atoms with Gasteiger partial charge in [-0.25, -0.2) is 0 Å². The Balaban J connectivity index is 0.000001000. The number of aliphatic hydroxyl groups excluding tert-OH is 2. The first-order valence-corrected chi connectivity index (χ1v) is 3.69. The van der Waals surface area contributed by atoms with Gasteiger partial charge in [0.25, 0.3) is 0 Å². The molecule has 1 fully saturated rings. The maximum Gasteiger partial charge on any atom is 0.0740 e. The molecule has 1 aliphatic rings. The molecule has 3 N–H and O–H groups in total. The van der Waals surface area contributed by atoms with Gasteiger partial charge in [-0.05, 0) is 13.0 Å². The van der Waals surface area contributed by atoms with E-state index in [0.717, 1.165) is 13.0 Å². The number of hydrogen-bond acceptors (Lipinski definition) is 3. The molecule has 11 heavy (non-hydrogen) atoms. The van der Waals surface area contributed by atoms with Gasteiger partial charge in [-0.1, -0.05) is 6.92 Å². The zero-order valence-corrected chi connectivity index (χ0v) is 7.52. The average Bonchev–Trinajstić information content (AvgIpc) is 1.96. The van der Waals surface area contributed by atoms with E-state index in [-0.39, 0.29) is 24.4 Å².